The fraction of sp³-hybridized carbons (Fsp3) is 0.133. The van der Waals surface area contributed by atoms with Gasteiger partial charge in [-0.05, 0) is 42.0 Å². The summed E-state index contributed by atoms with van der Waals surface area (Å²) in [5, 5.41) is 0.670. The summed E-state index contributed by atoms with van der Waals surface area (Å²) in [6, 6.07) is 14.4. The fourth-order valence-electron chi connectivity index (χ4n) is 2.42. The van der Waals surface area contributed by atoms with E-state index in [9.17, 15) is 4.79 Å². The summed E-state index contributed by atoms with van der Waals surface area (Å²) in [5.41, 5.74) is 7.80. The topological polar surface area (TPSA) is 46.3 Å². The normalized spacial score (nSPS) is 21.8. The fourth-order valence-corrected chi connectivity index (χ4v) is 2.81. The molecule has 1 heterocycles. The lowest BCUT2D eigenvalue weighted by atomic mass is 9.88. The highest BCUT2D eigenvalue weighted by atomic mass is 79.9. The number of rotatable bonds is 2. The molecule has 3 rings (SSSR count). The van der Waals surface area contributed by atoms with Gasteiger partial charge < -0.3 is 10.6 Å². The van der Waals surface area contributed by atoms with Crippen LogP contribution in [0.4, 0.5) is 5.69 Å². The lowest BCUT2D eigenvalue weighted by Crippen LogP contribution is -2.63. The van der Waals surface area contributed by atoms with Crippen LogP contribution in [0.15, 0.2) is 53.0 Å². The van der Waals surface area contributed by atoms with Gasteiger partial charge in [0.15, 0.2) is 0 Å². The maximum atomic E-state index is 12.1. The molecule has 1 fully saturated rings. The summed E-state index contributed by atoms with van der Waals surface area (Å²) in [4.78, 5) is 13.8. The Morgan fingerprint density at radius 1 is 1.05 bits per heavy atom. The molecule has 1 aliphatic heterocycles. The summed E-state index contributed by atoms with van der Waals surface area (Å²) < 4.78 is 0.974. The number of amides is 1. The van der Waals surface area contributed by atoms with E-state index < -0.39 is 6.04 Å². The van der Waals surface area contributed by atoms with Gasteiger partial charge in [-0.2, -0.15) is 0 Å². The Kier molecular flexibility index (Phi) is 3.54. The van der Waals surface area contributed by atoms with Crippen molar-refractivity contribution in [1.82, 2.24) is 0 Å². The summed E-state index contributed by atoms with van der Waals surface area (Å²) in [6.07, 6.45) is 0. The minimum atomic E-state index is -0.500. The zero-order valence-corrected chi connectivity index (χ0v) is 12.8. The molecule has 0 aliphatic carbocycles. The molecular formula is C15H12BrClN2O. The molecule has 0 unspecified atom stereocenters. The minimum Gasteiger partial charge on any atom is -0.318 e. The molecule has 102 valence electrons. The molecule has 2 aromatic rings. The van der Waals surface area contributed by atoms with E-state index in [0.29, 0.717) is 5.02 Å². The van der Waals surface area contributed by atoms with Gasteiger partial charge in [0.05, 0.1) is 6.04 Å². The van der Waals surface area contributed by atoms with Crippen LogP contribution in [0.5, 0.6) is 0 Å². The van der Waals surface area contributed by atoms with Crippen LogP contribution in [0.25, 0.3) is 0 Å². The molecule has 2 N–H and O–H groups in total. The van der Waals surface area contributed by atoms with Crippen molar-refractivity contribution in [2.75, 3.05) is 4.90 Å². The Balaban J connectivity index is 1.95. The average molecular weight is 352 g/mol. The summed E-state index contributed by atoms with van der Waals surface area (Å²) in [7, 11) is 0. The molecular weight excluding hydrogens is 340 g/mol. The minimum absolute atomic E-state index is 0.0627. The van der Waals surface area contributed by atoms with Gasteiger partial charge in [0.25, 0.3) is 0 Å². The molecule has 0 radical (unpaired) electrons. The molecule has 0 bridgehead atoms. The van der Waals surface area contributed by atoms with Gasteiger partial charge in [0.2, 0.25) is 5.91 Å². The maximum absolute atomic E-state index is 12.1. The van der Waals surface area contributed by atoms with Crippen molar-refractivity contribution >= 4 is 39.1 Å². The Bertz CT molecular complexity index is 642. The van der Waals surface area contributed by atoms with Crippen molar-refractivity contribution in [3.8, 4) is 0 Å². The second-order valence-electron chi connectivity index (χ2n) is 4.71. The van der Waals surface area contributed by atoms with Crippen LogP contribution in [0.3, 0.4) is 0 Å². The van der Waals surface area contributed by atoms with Gasteiger partial charge >= 0.3 is 0 Å². The first-order chi connectivity index (χ1) is 9.58. The Labute approximate surface area is 130 Å². The number of hydrogen-bond donors (Lipinski definition) is 1. The quantitative estimate of drug-likeness (QED) is 0.842. The second-order valence-corrected chi connectivity index (χ2v) is 6.06. The molecule has 0 aromatic heterocycles. The van der Waals surface area contributed by atoms with E-state index in [1.807, 2.05) is 48.5 Å². The van der Waals surface area contributed by atoms with E-state index in [2.05, 4.69) is 15.9 Å². The maximum Gasteiger partial charge on any atom is 0.247 e. The van der Waals surface area contributed by atoms with Crippen molar-refractivity contribution in [2.24, 2.45) is 5.73 Å². The molecule has 0 spiro atoms. The SMILES string of the molecule is N[C@H]1C(=O)N(c2ccc(Br)cc2)[C@H]1c1ccc(Cl)cc1. The van der Waals surface area contributed by atoms with Crippen LogP contribution in [0, 0.1) is 0 Å². The molecule has 5 heteroatoms. The Morgan fingerprint density at radius 3 is 2.25 bits per heavy atom. The Hall–Kier alpha value is -1.36. The van der Waals surface area contributed by atoms with E-state index in [0.717, 1.165) is 15.7 Å². The van der Waals surface area contributed by atoms with E-state index in [1.54, 1.807) is 4.90 Å². The van der Waals surface area contributed by atoms with Gasteiger partial charge in [0, 0.05) is 15.2 Å². The third-order valence-corrected chi connectivity index (χ3v) is 4.24. The van der Waals surface area contributed by atoms with Gasteiger partial charge in [-0.15, -0.1) is 0 Å². The number of nitrogens with two attached hydrogens (primary N) is 1. The van der Waals surface area contributed by atoms with Gasteiger partial charge in [0.1, 0.15) is 6.04 Å². The van der Waals surface area contributed by atoms with E-state index >= 15 is 0 Å². The lowest BCUT2D eigenvalue weighted by molar-refractivity contribution is -0.126. The Morgan fingerprint density at radius 2 is 1.65 bits per heavy atom. The summed E-state index contributed by atoms with van der Waals surface area (Å²) >= 11 is 9.28. The van der Waals surface area contributed by atoms with Crippen LogP contribution < -0.4 is 10.6 Å². The zero-order chi connectivity index (χ0) is 14.3. The second kappa shape index (κ2) is 5.20. The number of carbonyl (C=O) groups excluding carboxylic acids is 1. The highest BCUT2D eigenvalue weighted by Crippen LogP contribution is 2.38. The number of nitrogens with zero attached hydrogens (tertiary/aromatic N) is 1. The van der Waals surface area contributed by atoms with Crippen LogP contribution in [-0.2, 0) is 4.79 Å². The molecule has 2 aromatic carbocycles. The third-order valence-electron chi connectivity index (χ3n) is 3.46. The monoisotopic (exact) mass is 350 g/mol. The van der Waals surface area contributed by atoms with Gasteiger partial charge in [-0.1, -0.05) is 39.7 Å². The van der Waals surface area contributed by atoms with E-state index in [1.165, 1.54) is 0 Å². The number of β-lactam (4-membered cyclic amide) rings is 1. The first kappa shape index (κ1) is 13.6. The van der Waals surface area contributed by atoms with Crippen molar-refractivity contribution in [1.29, 1.82) is 0 Å². The highest BCUT2D eigenvalue weighted by molar-refractivity contribution is 9.10. The highest BCUT2D eigenvalue weighted by Gasteiger charge is 2.46. The number of carbonyl (C=O) groups is 1. The van der Waals surface area contributed by atoms with Crippen LogP contribution in [0.1, 0.15) is 11.6 Å². The number of halogens is 2. The summed E-state index contributed by atoms with van der Waals surface area (Å²) in [5.74, 6) is -0.0627. The van der Waals surface area contributed by atoms with Crippen molar-refractivity contribution < 1.29 is 4.79 Å². The van der Waals surface area contributed by atoms with Crippen molar-refractivity contribution in [3.05, 3.63) is 63.6 Å². The van der Waals surface area contributed by atoms with Crippen LogP contribution in [-0.4, -0.2) is 11.9 Å². The summed E-state index contributed by atoms with van der Waals surface area (Å²) in [6.45, 7) is 0. The van der Waals surface area contributed by atoms with Crippen molar-refractivity contribution in [2.45, 2.75) is 12.1 Å². The number of hydrogen-bond acceptors (Lipinski definition) is 2. The zero-order valence-electron chi connectivity index (χ0n) is 10.5. The molecule has 3 nitrogen and oxygen atoms in total. The number of benzene rings is 2. The first-order valence-electron chi connectivity index (χ1n) is 6.17. The smallest absolute Gasteiger partial charge is 0.247 e. The van der Waals surface area contributed by atoms with E-state index in [4.69, 9.17) is 17.3 Å². The molecule has 0 saturated carbocycles. The predicted octanol–water partition coefficient (Wildman–Crippen LogP) is 3.52. The van der Waals surface area contributed by atoms with E-state index in [-0.39, 0.29) is 11.9 Å². The lowest BCUT2D eigenvalue weighted by Gasteiger charge is -2.45. The standard InChI is InChI=1S/C15H12BrClN2O/c16-10-3-7-12(8-4-10)19-14(13(18)15(19)20)9-1-5-11(17)6-2-9/h1-8,13-14H,18H2/t13-,14+/m1/s1. The van der Waals surface area contributed by atoms with Crippen LogP contribution >= 0.6 is 27.5 Å². The molecule has 1 amide bonds. The molecule has 2 atom stereocenters. The predicted molar refractivity (Wildman–Crippen MR) is 83.8 cm³/mol. The van der Waals surface area contributed by atoms with Gasteiger partial charge in [-0.3, -0.25) is 4.79 Å². The first-order valence-corrected chi connectivity index (χ1v) is 7.35. The van der Waals surface area contributed by atoms with Gasteiger partial charge in [-0.25, -0.2) is 0 Å². The van der Waals surface area contributed by atoms with Crippen LogP contribution in [0.2, 0.25) is 5.02 Å². The molecule has 1 aliphatic rings. The number of anilines is 1. The third kappa shape index (κ3) is 2.24. The largest absolute Gasteiger partial charge is 0.318 e. The molecule has 1 saturated heterocycles. The average Bonchev–Trinajstić information content (AvgIpc) is 2.46. The molecule has 20 heavy (non-hydrogen) atoms. The van der Waals surface area contributed by atoms with Crippen molar-refractivity contribution in [3.63, 3.8) is 0 Å².